The Morgan fingerprint density at radius 1 is 0.828 bits per heavy atom. The van der Waals surface area contributed by atoms with Gasteiger partial charge in [0.15, 0.2) is 0 Å². The molecular weight excluding hydrogens is 362 g/mol. The molecule has 2 aromatic carbocycles. The Labute approximate surface area is 171 Å². The van der Waals surface area contributed by atoms with Crippen LogP contribution < -0.4 is 10.6 Å². The molecule has 2 aromatic rings. The van der Waals surface area contributed by atoms with E-state index < -0.39 is 5.66 Å². The lowest BCUT2D eigenvalue weighted by molar-refractivity contribution is -0.139. The number of likely N-dealkylation sites (tertiary alicyclic amines) is 1. The van der Waals surface area contributed by atoms with Crippen molar-refractivity contribution in [2.24, 2.45) is 0 Å². The van der Waals surface area contributed by atoms with Gasteiger partial charge in [0.1, 0.15) is 5.66 Å². The first-order chi connectivity index (χ1) is 14.1. The van der Waals surface area contributed by atoms with Gasteiger partial charge in [-0.2, -0.15) is 0 Å². The number of carbonyl (C=O) groups excluding carboxylic acids is 2. The number of para-hydroxylation sites is 1. The maximum absolute atomic E-state index is 13.7. The molecule has 0 atom stereocenters. The van der Waals surface area contributed by atoms with E-state index in [0.717, 1.165) is 36.9 Å². The third-order valence-corrected chi connectivity index (χ3v) is 7.00. The Hall–Kier alpha value is -2.82. The summed E-state index contributed by atoms with van der Waals surface area (Å²) in [7, 11) is 0. The highest BCUT2D eigenvalue weighted by Gasteiger charge is 2.47. The lowest BCUT2D eigenvalue weighted by atomic mass is 9.77. The molecule has 0 aromatic heterocycles. The number of rotatable bonds is 2. The lowest BCUT2D eigenvalue weighted by Gasteiger charge is -2.47. The van der Waals surface area contributed by atoms with Crippen LogP contribution >= 0.6 is 0 Å². The zero-order chi connectivity index (χ0) is 19.9. The maximum atomic E-state index is 13.7. The second-order valence-corrected chi connectivity index (χ2v) is 8.65. The number of hydrogen-bond acceptors (Lipinski definition) is 3. The average Bonchev–Trinajstić information content (AvgIpc) is 3.26. The van der Waals surface area contributed by atoms with Crippen LogP contribution in [0.4, 0.5) is 5.69 Å². The first kappa shape index (κ1) is 18.2. The van der Waals surface area contributed by atoms with Gasteiger partial charge in [0.05, 0.1) is 11.0 Å². The molecule has 5 nitrogen and oxygen atoms in total. The number of piperidine rings is 1. The van der Waals surface area contributed by atoms with E-state index in [-0.39, 0.29) is 17.2 Å². The highest BCUT2D eigenvalue weighted by Crippen LogP contribution is 2.43. The van der Waals surface area contributed by atoms with Crippen molar-refractivity contribution in [1.29, 1.82) is 0 Å². The largest absolute Gasteiger partial charge is 0.362 e. The van der Waals surface area contributed by atoms with E-state index in [4.69, 9.17) is 0 Å². The molecule has 1 aliphatic carbocycles. The van der Waals surface area contributed by atoms with Gasteiger partial charge in [0.2, 0.25) is 5.91 Å². The fourth-order valence-electron chi connectivity index (χ4n) is 5.37. The highest BCUT2D eigenvalue weighted by molar-refractivity contribution is 6.02. The normalized spacial score (nSPS) is 21.9. The molecular formula is C24H27N3O2. The van der Waals surface area contributed by atoms with E-state index in [1.807, 2.05) is 47.4 Å². The van der Waals surface area contributed by atoms with Crippen molar-refractivity contribution in [2.45, 2.75) is 49.6 Å². The Morgan fingerprint density at radius 2 is 1.48 bits per heavy atom. The fraction of sp³-hybridized carbons (Fsp3) is 0.417. The minimum atomic E-state index is -0.461. The van der Waals surface area contributed by atoms with Crippen molar-refractivity contribution in [3.8, 4) is 0 Å². The number of nitrogens with zero attached hydrogens (tertiary/aromatic N) is 1. The number of fused-ring (bicyclic) bond motifs is 1. The molecule has 1 saturated carbocycles. The number of hydrogen-bond donors (Lipinski definition) is 2. The summed E-state index contributed by atoms with van der Waals surface area (Å²) in [5, 5.41) is 6.71. The molecule has 0 radical (unpaired) electrons. The number of benzene rings is 2. The summed E-state index contributed by atoms with van der Waals surface area (Å²) in [6.45, 7) is 1.31. The number of nitrogens with one attached hydrogen (secondary N) is 2. The SMILES string of the molecule is O=C1NC2(CCN(C(=O)C3(c4ccccc4)CCCC3)CC2)Nc2ccccc21. The van der Waals surface area contributed by atoms with Gasteiger partial charge in [-0.3, -0.25) is 9.59 Å². The second kappa shape index (κ2) is 6.90. The van der Waals surface area contributed by atoms with E-state index in [9.17, 15) is 9.59 Å². The highest BCUT2D eigenvalue weighted by atomic mass is 16.2. The van der Waals surface area contributed by atoms with Gasteiger partial charge in [-0.15, -0.1) is 0 Å². The monoisotopic (exact) mass is 389 g/mol. The topological polar surface area (TPSA) is 61.4 Å². The predicted octanol–water partition coefficient (Wildman–Crippen LogP) is 3.67. The van der Waals surface area contributed by atoms with Crippen LogP contribution in [0.1, 0.15) is 54.4 Å². The van der Waals surface area contributed by atoms with Crippen LogP contribution in [0, 0.1) is 0 Å². The smallest absolute Gasteiger partial charge is 0.255 e. The van der Waals surface area contributed by atoms with Gasteiger partial charge in [0.25, 0.3) is 5.91 Å². The molecule has 3 aliphatic rings. The van der Waals surface area contributed by atoms with Gasteiger partial charge in [-0.1, -0.05) is 55.3 Å². The zero-order valence-electron chi connectivity index (χ0n) is 16.6. The molecule has 0 unspecified atom stereocenters. The van der Waals surface area contributed by atoms with Crippen molar-refractivity contribution in [2.75, 3.05) is 18.4 Å². The minimum absolute atomic E-state index is 0.0318. The molecule has 2 amide bonds. The summed E-state index contributed by atoms with van der Waals surface area (Å²) in [6, 6.07) is 17.9. The molecule has 0 bridgehead atoms. The van der Waals surface area contributed by atoms with Gasteiger partial charge in [-0.05, 0) is 30.5 Å². The molecule has 2 fully saturated rings. The Kier molecular flexibility index (Phi) is 4.34. The molecule has 5 rings (SSSR count). The molecule has 5 heteroatoms. The van der Waals surface area contributed by atoms with Crippen molar-refractivity contribution in [3.63, 3.8) is 0 Å². The number of carbonyl (C=O) groups is 2. The van der Waals surface area contributed by atoms with E-state index in [2.05, 4.69) is 22.8 Å². The Bertz CT molecular complexity index is 926. The van der Waals surface area contributed by atoms with Gasteiger partial charge in [0, 0.05) is 31.6 Å². The van der Waals surface area contributed by atoms with E-state index in [1.54, 1.807) is 0 Å². The minimum Gasteiger partial charge on any atom is -0.362 e. The molecule has 150 valence electrons. The summed E-state index contributed by atoms with van der Waals surface area (Å²) in [6.07, 6.45) is 5.49. The van der Waals surface area contributed by atoms with E-state index in [1.165, 1.54) is 0 Å². The first-order valence-corrected chi connectivity index (χ1v) is 10.7. The van der Waals surface area contributed by atoms with Crippen LogP contribution in [0.15, 0.2) is 54.6 Å². The zero-order valence-corrected chi connectivity index (χ0v) is 16.6. The average molecular weight is 389 g/mol. The molecule has 2 heterocycles. The molecule has 1 spiro atoms. The van der Waals surface area contributed by atoms with Gasteiger partial charge in [-0.25, -0.2) is 0 Å². The quantitative estimate of drug-likeness (QED) is 0.824. The summed E-state index contributed by atoms with van der Waals surface area (Å²) < 4.78 is 0. The van der Waals surface area contributed by atoms with Crippen LogP contribution in [0.3, 0.4) is 0 Å². The standard InChI is InChI=1S/C24H27N3O2/c28-21-19-10-4-5-11-20(19)25-24(26-21)14-16-27(17-15-24)22(29)23(12-6-7-13-23)18-8-2-1-3-9-18/h1-5,8-11,25H,6-7,12-17H2,(H,26,28). The predicted molar refractivity (Wildman–Crippen MR) is 113 cm³/mol. The van der Waals surface area contributed by atoms with Crippen LogP contribution in [0.2, 0.25) is 0 Å². The molecule has 2 aliphatic heterocycles. The molecule has 1 saturated heterocycles. The van der Waals surface area contributed by atoms with E-state index >= 15 is 0 Å². The van der Waals surface area contributed by atoms with Crippen LogP contribution in [-0.4, -0.2) is 35.5 Å². The Balaban J connectivity index is 1.34. The second-order valence-electron chi connectivity index (χ2n) is 8.65. The van der Waals surface area contributed by atoms with Crippen LogP contribution in [0.25, 0.3) is 0 Å². The van der Waals surface area contributed by atoms with Crippen molar-refractivity contribution in [1.82, 2.24) is 10.2 Å². The lowest BCUT2D eigenvalue weighted by Crippen LogP contribution is -2.63. The van der Waals surface area contributed by atoms with Crippen molar-refractivity contribution < 1.29 is 9.59 Å². The number of amides is 2. The summed E-state index contributed by atoms with van der Waals surface area (Å²) in [4.78, 5) is 28.3. The van der Waals surface area contributed by atoms with Crippen LogP contribution in [0.5, 0.6) is 0 Å². The molecule has 2 N–H and O–H groups in total. The number of anilines is 1. The molecule has 29 heavy (non-hydrogen) atoms. The summed E-state index contributed by atoms with van der Waals surface area (Å²) >= 11 is 0. The first-order valence-electron chi connectivity index (χ1n) is 10.7. The van der Waals surface area contributed by atoms with Crippen molar-refractivity contribution in [3.05, 3.63) is 65.7 Å². The third-order valence-electron chi connectivity index (χ3n) is 7.00. The summed E-state index contributed by atoms with van der Waals surface area (Å²) in [5.74, 6) is 0.231. The van der Waals surface area contributed by atoms with Gasteiger partial charge >= 0.3 is 0 Å². The van der Waals surface area contributed by atoms with Crippen molar-refractivity contribution >= 4 is 17.5 Å². The fourth-order valence-corrected chi connectivity index (χ4v) is 5.37. The van der Waals surface area contributed by atoms with E-state index in [0.29, 0.717) is 31.5 Å². The Morgan fingerprint density at radius 3 is 2.21 bits per heavy atom. The summed E-state index contributed by atoms with van der Waals surface area (Å²) in [5.41, 5.74) is 1.89. The van der Waals surface area contributed by atoms with Crippen LogP contribution in [-0.2, 0) is 10.2 Å². The van der Waals surface area contributed by atoms with Gasteiger partial charge < -0.3 is 15.5 Å². The third kappa shape index (κ3) is 3.00. The maximum Gasteiger partial charge on any atom is 0.255 e.